The lowest BCUT2D eigenvalue weighted by atomic mass is 10.2. The first-order chi connectivity index (χ1) is 7.45. The van der Waals surface area contributed by atoms with Crippen molar-refractivity contribution in [1.29, 1.82) is 0 Å². The third-order valence-electron chi connectivity index (χ3n) is 1.60. The van der Waals surface area contributed by atoms with Crippen LogP contribution in [0.4, 0.5) is 18.9 Å². The van der Waals surface area contributed by atoms with E-state index in [0.29, 0.717) is 12.1 Å². The highest BCUT2D eigenvalue weighted by atomic mass is 19.3. The van der Waals surface area contributed by atoms with E-state index >= 15 is 0 Å². The summed E-state index contributed by atoms with van der Waals surface area (Å²) in [5, 5.41) is 10.4. The van der Waals surface area contributed by atoms with E-state index < -0.39 is 34.4 Å². The fourth-order valence-electron chi connectivity index (χ4n) is 1.05. The number of ether oxygens (including phenoxy) is 1. The monoisotopic (exact) mass is 235 g/mol. The Morgan fingerprint density at radius 3 is 2.50 bits per heavy atom. The quantitative estimate of drug-likeness (QED) is 0.455. The second-order valence-electron chi connectivity index (χ2n) is 2.60. The second-order valence-corrected chi connectivity index (χ2v) is 2.60. The number of carbonyl (C=O) groups excluding carboxylic acids is 1. The molecule has 5 nitrogen and oxygen atoms in total. The van der Waals surface area contributed by atoms with Gasteiger partial charge in [0.25, 0.3) is 0 Å². The largest absolute Gasteiger partial charge is 0.435 e. The standard InChI is InChI=1S/C8H4F3NO4/c9-6-2-5(16-8(10)11)1-4(3-13)7(6)12(14)15/h1-3,8H. The number of alkyl halides is 2. The van der Waals surface area contributed by atoms with E-state index in [4.69, 9.17) is 0 Å². The van der Waals surface area contributed by atoms with Crippen molar-refractivity contribution in [2.24, 2.45) is 0 Å². The van der Waals surface area contributed by atoms with Gasteiger partial charge in [0.2, 0.25) is 5.82 Å². The predicted octanol–water partition coefficient (Wildman–Crippen LogP) is 2.15. The molecule has 0 aliphatic carbocycles. The Balaban J connectivity index is 3.26. The molecule has 0 atom stereocenters. The maximum absolute atomic E-state index is 13.1. The van der Waals surface area contributed by atoms with Gasteiger partial charge in [-0.25, -0.2) is 0 Å². The molecule has 0 fully saturated rings. The molecule has 1 rings (SSSR count). The molecule has 1 aromatic rings. The molecule has 8 heteroatoms. The topological polar surface area (TPSA) is 69.4 Å². The molecular formula is C8H4F3NO4. The molecule has 0 unspecified atom stereocenters. The molecule has 0 heterocycles. The fraction of sp³-hybridized carbons (Fsp3) is 0.125. The van der Waals surface area contributed by atoms with Gasteiger partial charge in [-0.3, -0.25) is 14.9 Å². The van der Waals surface area contributed by atoms with Crippen molar-refractivity contribution in [3.8, 4) is 5.75 Å². The number of nitro benzene ring substituents is 1. The van der Waals surface area contributed by atoms with Crippen LogP contribution in [0.3, 0.4) is 0 Å². The van der Waals surface area contributed by atoms with Crippen LogP contribution >= 0.6 is 0 Å². The summed E-state index contributed by atoms with van der Waals surface area (Å²) in [7, 11) is 0. The minimum absolute atomic E-state index is 0.0143. The number of carbonyl (C=O) groups is 1. The van der Waals surface area contributed by atoms with E-state index in [9.17, 15) is 28.1 Å². The Morgan fingerprint density at radius 2 is 2.06 bits per heavy atom. The van der Waals surface area contributed by atoms with E-state index in [0.717, 1.165) is 0 Å². The Hall–Kier alpha value is -2.12. The van der Waals surface area contributed by atoms with Gasteiger partial charge in [0.1, 0.15) is 5.75 Å². The summed E-state index contributed by atoms with van der Waals surface area (Å²) in [6.07, 6.45) is -0.0143. The van der Waals surface area contributed by atoms with Crippen molar-refractivity contribution in [3.63, 3.8) is 0 Å². The zero-order chi connectivity index (χ0) is 12.3. The van der Waals surface area contributed by atoms with Crippen molar-refractivity contribution < 1.29 is 27.6 Å². The summed E-state index contributed by atoms with van der Waals surface area (Å²) in [6.45, 7) is -3.21. The summed E-state index contributed by atoms with van der Waals surface area (Å²) < 4.78 is 40.5. The first-order valence-corrected chi connectivity index (χ1v) is 3.83. The van der Waals surface area contributed by atoms with Crippen LogP contribution in [-0.2, 0) is 0 Å². The number of nitrogens with zero attached hydrogens (tertiary/aromatic N) is 1. The van der Waals surface area contributed by atoms with E-state index in [1.165, 1.54) is 0 Å². The lowest BCUT2D eigenvalue weighted by molar-refractivity contribution is -0.387. The SMILES string of the molecule is O=Cc1cc(OC(F)F)cc(F)c1[N+](=O)[O-]. The van der Waals surface area contributed by atoms with Crippen molar-refractivity contribution in [2.75, 3.05) is 0 Å². The second kappa shape index (κ2) is 4.60. The molecule has 86 valence electrons. The van der Waals surface area contributed by atoms with Gasteiger partial charge in [-0.05, 0) is 6.07 Å². The molecule has 1 aromatic carbocycles. The molecule has 0 amide bonds. The molecule has 0 aliphatic rings. The van der Waals surface area contributed by atoms with Crippen LogP contribution in [0, 0.1) is 15.9 Å². The lowest BCUT2D eigenvalue weighted by Crippen LogP contribution is -2.05. The summed E-state index contributed by atoms with van der Waals surface area (Å²) >= 11 is 0. The summed E-state index contributed by atoms with van der Waals surface area (Å²) in [4.78, 5) is 19.6. The van der Waals surface area contributed by atoms with Crippen LogP contribution in [0.25, 0.3) is 0 Å². The first kappa shape index (κ1) is 12.0. The van der Waals surface area contributed by atoms with Gasteiger partial charge >= 0.3 is 12.3 Å². The number of aldehydes is 1. The maximum atomic E-state index is 13.1. The molecule has 0 saturated carbocycles. The average Bonchev–Trinajstić information content (AvgIpc) is 2.14. The molecule has 0 N–H and O–H groups in total. The first-order valence-electron chi connectivity index (χ1n) is 3.83. The Kier molecular flexibility index (Phi) is 3.44. The number of nitro groups is 1. The number of rotatable bonds is 4. The van der Waals surface area contributed by atoms with Gasteiger partial charge in [0.15, 0.2) is 6.29 Å². The van der Waals surface area contributed by atoms with Gasteiger partial charge in [-0.15, -0.1) is 0 Å². The zero-order valence-corrected chi connectivity index (χ0v) is 7.52. The lowest BCUT2D eigenvalue weighted by Gasteiger charge is -2.05. The zero-order valence-electron chi connectivity index (χ0n) is 7.52. The van der Waals surface area contributed by atoms with Crippen molar-refractivity contribution >= 4 is 12.0 Å². The van der Waals surface area contributed by atoms with Gasteiger partial charge < -0.3 is 4.74 Å². The third-order valence-corrected chi connectivity index (χ3v) is 1.60. The number of halogens is 3. The van der Waals surface area contributed by atoms with Crippen LogP contribution in [0.2, 0.25) is 0 Å². The third kappa shape index (κ3) is 2.47. The van der Waals surface area contributed by atoms with E-state index in [-0.39, 0.29) is 6.29 Å². The van der Waals surface area contributed by atoms with E-state index in [1.807, 2.05) is 0 Å². The number of benzene rings is 1. The van der Waals surface area contributed by atoms with Crippen LogP contribution in [0.1, 0.15) is 10.4 Å². The normalized spacial score (nSPS) is 10.2. The van der Waals surface area contributed by atoms with Crippen molar-refractivity contribution in [1.82, 2.24) is 0 Å². The van der Waals surface area contributed by atoms with Crippen molar-refractivity contribution in [2.45, 2.75) is 6.61 Å². The molecule has 0 spiro atoms. The number of hydrogen-bond donors (Lipinski definition) is 0. The highest BCUT2D eigenvalue weighted by molar-refractivity contribution is 5.82. The Bertz CT molecular complexity index is 436. The van der Waals surface area contributed by atoms with Gasteiger partial charge in [-0.1, -0.05) is 0 Å². The molecule has 16 heavy (non-hydrogen) atoms. The van der Waals surface area contributed by atoms with Gasteiger partial charge in [-0.2, -0.15) is 13.2 Å². The molecule has 0 saturated heterocycles. The van der Waals surface area contributed by atoms with E-state index in [1.54, 1.807) is 0 Å². The average molecular weight is 235 g/mol. The minimum atomic E-state index is -3.21. The molecule has 0 aromatic heterocycles. The number of hydrogen-bond acceptors (Lipinski definition) is 4. The Morgan fingerprint density at radius 1 is 1.44 bits per heavy atom. The van der Waals surface area contributed by atoms with Gasteiger partial charge in [0, 0.05) is 6.07 Å². The van der Waals surface area contributed by atoms with Crippen LogP contribution < -0.4 is 4.74 Å². The van der Waals surface area contributed by atoms with Crippen molar-refractivity contribution in [3.05, 3.63) is 33.6 Å². The highest BCUT2D eigenvalue weighted by Gasteiger charge is 2.22. The summed E-state index contributed by atoms with van der Waals surface area (Å²) in [5.41, 5.74) is -1.74. The Labute approximate surface area is 86.6 Å². The summed E-state index contributed by atoms with van der Waals surface area (Å²) in [6, 6.07) is 1.08. The van der Waals surface area contributed by atoms with E-state index in [2.05, 4.69) is 4.74 Å². The molecule has 0 bridgehead atoms. The van der Waals surface area contributed by atoms with Crippen LogP contribution in [0.5, 0.6) is 5.75 Å². The fourth-order valence-corrected chi connectivity index (χ4v) is 1.05. The highest BCUT2D eigenvalue weighted by Crippen LogP contribution is 2.27. The van der Waals surface area contributed by atoms with Gasteiger partial charge in [0.05, 0.1) is 10.5 Å². The maximum Gasteiger partial charge on any atom is 0.387 e. The smallest absolute Gasteiger partial charge is 0.387 e. The molecule has 0 radical (unpaired) electrons. The molecular weight excluding hydrogens is 231 g/mol. The molecule has 0 aliphatic heterocycles. The van der Waals surface area contributed by atoms with Crippen LogP contribution in [0.15, 0.2) is 12.1 Å². The minimum Gasteiger partial charge on any atom is -0.435 e. The predicted molar refractivity (Wildman–Crippen MR) is 45.1 cm³/mol. The summed E-state index contributed by atoms with van der Waals surface area (Å²) in [5.74, 6) is -2.06. The van der Waals surface area contributed by atoms with Crippen LogP contribution in [-0.4, -0.2) is 17.8 Å².